The van der Waals surface area contributed by atoms with Crippen molar-refractivity contribution in [2.75, 3.05) is 32.7 Å². The van der Waals surface area contributed by atoms with Gasteiger partial charge in [0.05, 0.1) is 18.4 Å². The number of nitrogens with zero attached hydrogens (tertiary/aromatic N) is 5. The van der Waals surface area contributed by atoms with Crippen LogP contribution >= 0.6 is 0 Å². The van der Waals surface area contributed by atoms with Gasteiger partial charge in [-0.15, -0.1) is 10.2 Å². The van der Waals surface area contributed by atoms with Crippen molar-refractivity contribution in [2.24, 2.45) is 11.3 Å². The van der Waals surface area contributed by atoms with Crippen LogP contribution in [0.25, 0.3) is 0 Å². The third kappa shape index (κ3) is 4.54. The number of aromatic nitrogens is 4. The Morgan fingerprint density at radius 2 is 2.10 bits per heavy atom. The highest BCUT2D eigenvalue weighted by atomic mass is 16.5. The average Bonchev–Trinajstić information content (AvgIpc) is 3.47. The highest BCUT2D eigenvalue weighted by molar-refractivity contribution is 5.87. The van der Waals surface area contributed by atoms with Crippen molar-refractivity contribution >= 4 is 5.91 Å². The molecule has 10 heteroatoms. The van der Waals surface area contributed by atoms with E-state index in [0.717, 1.165) is 26.1 Å². The summed E-state index contributed by atoms with van der Waals surface area (Å²) in [6, 6.07) is -0.182. The molecule has 10 nitrogen and oxygen atoms in total. The minimum atomic E-state index is -0.851. The first-order valence-corrected chi connectivity index (χ1v) is 10.6. The third-order valence-corrected chi connectivity index (χ3v) is 6.10. The Bertz CT molecular complexity index is 818. The van der Waals surface area contributed by atoms with Crippen molar-refractivity contribution in [3.63, 3.8) is 0 Å². The fourth-order valence-corrected chi connectivity index (χ4v) is 4.73. The van der Waals surface area contributed by atoms with Gasteiger partial charge in [0.2, 0.25) is 5.91 Å². The standard InChI is InChI=1S/C20H31N7O3/c1-19(2,3)13-27-7-4-14(12-27)9-22-18(28)20(17-11-24-26-30-17)5-6-21-15(8-20)16-10-23-25-29-16/h10-11,14-15,21H,4-9,12-13H2,1-3H3,(H,22,28). The Hall–Kier alpha value is -2.33. The van der Waals surface area contributed by atoms with E-state index in [9.17, 15) is 4.79 Å². The fourth-order valence-electron chi connectivity index (χ4n) is 4.73. The maximum absolute atomic E-state index is 13.5. The Labute approximate surface area is 176 Å². The van der Waals surface area contributed by atoms with E-state index in [1.165, 1.54) is 0 Å². The number of likely N-dealkylation sites (tertiary alicyclic amines) is 1. The molecule has 2 saturated heterocycles. The van der Waals surface area contributed by atoms with E-state index in [1.807, 2.05) is 0 Å². The maximum atomic E-state index is 13.5. The number of nitrogens with one attached hydrogen (secondary N) is 2. The zero-order chi connectivity index (χ0) is 21.2. The molecular formula is C20H31N7O3. The SMILES string of the molecule is CC(C)(C)CN1CCC(CNC(=O)C2(c3cnno3)CCNC(c3cnno3)C2)C1. The predicted molar refractivity (Wildman–Crippen MR) is 107 cm³/mol. The molecule has 2 aromatic rings. The van der Waals surface area contributed by atoms with E-state index in [2.05, 4.69) is 57.0 Å². The molecule has 0 aliphatic carbocycles. The van der Waals surface area contributed by atoms with E-state index in [1.54, 1.807) is 12.4 Å². The zero-order valence-corrected chi connectivity index (χ0v) is 17.9. The summed E-state index contributed by atoms with van der Waals surface area (Å²) in [5.41, 5.74) is -0.572. The summed E-state index contributed by atoms with van der Waals surface area (Å²) in [6.45, 7) is 11.2. The summed E-state index contributed by atoms with van der Waals surface area (Å²) in [5.74, 6) is 1.50. The predicted octanol–water partition coefficient (Wildman–Crippen LogP) is 1.30. The van der Waals surface area contributed by atoms with Gasteiger partial charge in [0.1, 0.15) is 5.41 Å². The van der Waals surface area contributed by atoms with Gasteiger partial charge < -0.3 is 24.6 Å². The fraction of sp³-hybridized carbons (Fsp3) is 0.750. The van der Waals surface area contributed by atoms with Gasteiger partial charge in [0.15, 0.2) is 11.5 Å². The molecule has 0 saturated carbocycles. The van der Waals surface area contributed by atoms with Crippen LogP contribution in [0.1, 0.15) is 57.6 Å². The second-order valence-corrected chi connectivity index (χ2v) is 9.81. The van der Waals surface area contributed by atoms with Crippen molar-refractivity contribution in [1.82, 2.24) is 36.3 Å². The summed E-state index contributed by atoms with van der Waals surface area (Å²) in [7, 11) is 0. The Balaban J connectivity index is 1.43. The van der Waals surface area contributed by atoms with Gasteiger partial charge in [-0.3, -0.25) is 4.79 Å². The van der Waals surface area contributed by atoms with Gasteiger partial charge in [0.25, 0.3) is 0 Å². The molecule has 2 aliphatic rings. The first-order valence-electron chi connectivity index (χ1n) is 10.6. The molecule has 164 valence electrons. The average molecular weight is 418 g/mol. The van der Waals surface area contributed by atoms with E-state index in [-0.39, 0.29) is 17.4 Å². The molecule has 2 N–H and O–H groups in total. The third-order valence-electron chi connectivity index (χ3n) is 6.10. The Kier molecular flexibility index (Phi) is 5.88. The van der Waals surface area contributed by atoms with Crippen molar-refractivity contribution in [2.45, 2.75) is 51.5 Å². The topological polar surface area (TPSA) is 122 Å². The van der Waals surface area contributed by atoms with Crippen LogP contribution in [0, 0.1) is 11.3 Å². The molecule has 1 amide bonds. The minimum Gasteiger partial charge on any atom is -0.355 e. The monoisotopic (exact) mass is 417 g/mol. The van der Waals surface area contributed by atoms with Crippen LogP contribution in [-0.2, 0) is 10.2 Å². The van der Waals surface area contributed by atoms with Crippen LogP contribution in [0.2, 0.25) is 0 Å². The van der Waals surface area contributed by atoms with Gasteiger partial charge in [0, 0.05) is 30.2 Å². The van der Waals surface area contributed by atoms with Crippen molar-refractivity contribution < 1.29 is 13.8 Å². The molecule has 3 atom stereocenters. The number of carbonyl (C=O) groups is 1. The van der Waals surface area contributed by atoms with Crippen LogP contribution in [0.5, 0.6) is 0 Å². The lowest BCUT2D eigenvalue weighted by atomic mass is 9.73. The summed E-state index contributed by atoms with van der Waals surface area (Å²) in [6.07, 6.45) is 5.27. The van der Waals surface area contributed by atoms with E-state index < -0.39 is 5.41 Å². The molecule has 0 bridgehead atoms. The molecule has 4 heterocycles. The quantitative estimate of drug-likeness (QED) is 0.716. The van der Waals surface area contributed by atoms with Crippen molar-refractivity contribution in [3.05, 3.63) is 23.9 Å². The number of piperidine rings is 1. The highest BCUT2D eigenvalue weighted by Gasteiger charge is 2.48. The van der Waals surface area contributed by atoms with E-state index in [4.69, 9.17) is 9.05 Å². The second kappa shape index (κ2) is 8.43. The molecule has 0 spiro atoms. The van der Waals surface area contributed by atoms with Crippen LogP contribution < -0.4 is 10.6 Å². The summed E-state index contributed by atoms with van der Waals surface area (Å²) in [5, 5.41) is 21.3. The highest BCUT2D eigenvalue weighted by Crippen LogP contribution is 2.40. The Morgan fingerprint density at radius 3 is 2.80 bits per heavy atom. The zero-order valence-electron chi connectivity index (χ0n) is 17.9. The van der Waals surface area contributed by atoms with Gasteiger partial charge in [-0.2, -0.15) is 0 Å². The van der Waals surface area contributed by atoms with Crippen LogP contribution in [0.3, 0.4) is 0 Å². The number of rotatable bonds is 6. The minimum absolute atomic E-state index is 0.0469. The first-order chi connectivity index (χ1) is 14.4. The summed E-state index contributed by atoms with van der Waals surface area (Å²) in [4.78, 5) is 16.0. The molecule has 2 aliphatic heterocycles. The molecule has 4 rings (SSSR count). The largest absolute Gasteiger partial charge is 0.355 e. The lowest BCUT2D eigenvalue weighted by Crippen LogP contribution is -2.52. The van der Waals surface area contributed by atoms with Gasteiger partial charge in [-0.25, -0.2) is 0 Å². The molecule has 2 fully saturated rings. The smallest absolute Gasteiger partial charge is 0.234 e. The van der Waals surface area contributed by atoms with Gasteiger partial charge >= 0.3 is 0 Å². The summed E-state index contributed by atoms with van der Waals surface area (Å²) < 4.78 is 10.6. The number of hydrogen-bond donors (Lipinski definition) is 2. The van der Waals surface area contributed by atoms with E-state index in [0.29, 0.717) is 43.4 Å². The maximum Gasteiger partial charge on any atom is 0.234 e. The number of amides is 1. The lowest BCUT2D eigenvalue weighted by Gasteiger charge is -2.37. The molecule has 3 unspecified atom stereocenters. The second-order valence-electron chi connectivity index (χ2n) is 9.81. The lowest BCUT2D eigenvalue weighted by molar-refractivity contribution is -0.129. The van der Waals surface area contributed by atoms with Crippen LogP contribution in [0.15, 0.2) is 21.4 Å². The first kappa shape index (κ1) is 20.9. The van der Waals surface area contributed by atoms with Crippen molar-refractivity contribution in [1.29, 1.82) is 0 Å². The number of carbonyl (C=O) groups excluding carboxylic acids is 1. The molecule has 0 radical (unpaired) electrons. The molecular weight excluding hydrogens is 386 g/mol. The summed E-state index contributed by atoms with van der Waals surface area (Å²) >= 11 is 0. The van der Waals surface area contributed by atoms with Crippen molar-refractivity contribution in [3.8, 4) is 0 Å². The number of hydrogen-bond acceptors (Lipinski definition) is 9. The Morgan fingerprint density at radius 1 is 1.30 bits per heavy atom. The normalized spacial score (nSPS) is 28.0. The van der Waals surface area contributed by atoms with Crippen LogP contribution in [-0.4, -0.2) is 64.3 Å². The van der Waals surface area contributed by atoms with Gasteiger partial charge in [-0.1, -0.05) is 20.8 Å². The van der Waals surface area contributed by atoms with Crippen LogP contribution in [0.4, 0.5) is 0 Å². The van der Waals surface area contributed by atoms with Gasteiger partial charge in [-0.05, 0) is 43.7 Å². The molecule has 2 aromatic heterocycles. The van der Waals surface area contributed by atoms with E-state index >= 15 is 0 Å². The molecule has 0 aromatic carbocycles. The molecule has 30 heavy (non-hydrogen) atoms.